The summed E-state index contributed by atoms with van der Waals surface area (Å²) in [6.07, 6.45) is -5.12. The standard InChI is InChI=1S/C19H15BrF3NO4/c20-14-6-4-12(5-7-14)16(25)11-28-18(27)9-8-17(26)24-15-3-1-2-13(10-15)19(21,22)23/h1-7,10H,8-9,11H2,(H,24,26). The molecule has 2 aromatic rings. The molecule has 0 aliphatic rings. The Labute approximate surface area is 167 Å². The molecule has 1 N–H and O–H groups in total. The van der Waals surface area contributed by atoms with Crippen LogP contribution in [0.1, 0.15) is 28.8 Å². The summed E-state index contributed by atoms with van der Waals surface area (Å²) >= 11 is 3.24. The van der Waals surface area contributed by atoms with Crippen LogP contribution in [0, 0.1) is 0 Å². The zero-order valence-electron chi connectivity index (χ0n) is 14.4. The van der Waals surface area contributed by atoms with Gasteiger partial charge in [0, 0.05) is 22.1 Å². The molecule has 0 spiro atoms. The number of hydrogen-bond donors (Lipinski definition) is 1. The number of Topliss-reactive ketones (excluding diaryl/α,β-unsaturated/α-hetero) is 1. The highest BCUT2D eigenvalue weighted by Gasteiger charge is 2.30. The molecule has 0 unspecified atom stereocenters. The first-order chi connectivity index (χ1) is 13.1. The van der Waals surface area contributed by atoms with Gasteiger partial charge in [0.15, 0.2) is 12.4 Å². The number of carbonyl (C=O) groups is 3. The minimum atomic E-state index is -4.52. The van der Waals surface area contributed by atoms with Crippen molar-refractivity contribution >= 4 is 39.3 Å². The first-order valence-electron chi connectivity index (χ1n) is 8.06. The molecule has 0 bridgehead atoms. The number of benzene rings is 2. The number of nitrogens with one attached hydrogen (secondary N) is 1. The predicted molar refractivity (Wildman–Crippen MR) is 98.7 cm³/mol. The number of hydrogen-bond acceptors (Lipinski definition) is 4. The minimum absolute atomic E-state index is 0.0291. The van der Waals surface area contributed by atoms with Crippen LogP contribution in [0.3, 0.4) is 0 Å². The lowest BCUT2D eigenvalue weighted by Gasteiger charge is -2.10. The number of anilines is 1. The van der Waals surface area contributed by atoms with Gasteiger partial charge in [-0.15, -0.1) is 0 Å². The second kappa shape index (κ2) is 9.50. The molecule has 5 nitrogen and oxygen atoms in total. The van der Waals surface area contributed by atoms with Crippen LogP contribution in [0.25, 0.3) is 0 Å². The van der Waals surface area contributed by atoms with Crippen LogP contribution in [-0.2, 0) is 20.5 Å². The van der Waals surface area contributed by atoms with E-state index >= 15 is 0 Å². The fraction of sp³-hybridized carbons (Fsp3) is 0.211. The SMILES string of the molecule is O=C(CCC(=O)OCC(=O)c1ccc(Br)cc1)Nc1cccc(C(F)(F)F)c1. The Bertz CT molecular complexity index is 866. The molecule has 9 heteroatoms. The molecule has 0 heterocycles. The second-order valence-corrected chi connectivity index (χ2v) is 6.63. The van der Waals surface area contributed by atoms with Crippen molar-refractivity contribution in [3.8, 4) is 0 Å². The number of rotatable bonds is 7. The Morgan fingerprint density at radius 2 is 1.68 bits per heavy atom. The van der Waals surface area contributed by atoms with E-state index in [0.717, 1.165) is 16.6 Å². The zero-order valence-corrected chi connectivity index (χ0v) is 16.0. The molecular weight excluding hydrogens is 443 g/mol. The molecule has 0 saturated carbocycles. The van der Waals surface area contributed by atoms with Crippen molar-refractivity contribution in [3.63, 3.8) is 0 Å². The van der Waals surface area contributed by atoms with Crippen LogP contribution >= 0.6 is 15.9 Å². The van der Waals surface area contributed by atoms with E-state index in [2.05, 4.69) is 21.2 Å². The summed E-state index contributed by atoms with van der Waals surface area (Å²) in [5.74, 6) is -1.80. The normalized spacial score (nSPS) is 11.0. The summed E-state index contributed by atoms with van der Waals surface area (Å²) in [6.45, 7) is -0.463. The van der Waals surface area contributed by atoms with E-state index in [0.29, 0.717) is 5.56 Å². The highest BCUT2D eigenvalue weighted by Crippen LogP contribution is 2.30. The zero-order chi connectivity index (χ0) is 20.7. The molecule has 0 aliphatic carbocycles. The number of carbonyl (C=O) groups excluding carboxylic acids is 3. The Morgan fingerprint density at radius 1 is 1.00 bits per heavy atom. The number of amides is 1. The molecule has 0 saturated heterocycles. The van der Waals surface area contributed by atoms with E-state index < -0.39 is 36.0 Å². The molecule has 1 amide bonds. The fourth-order valence-corrected chi connectivity index (χ4v) is 2.41. The number of halogens is 4. The van der Waals surface area contributed by atoms with E-state index in [9.17, 15) is 27.6 Å². The topological polar surface area (TPSA) is 72.5 Å². The lowest BCUT2D eigenvalue weighted by molar-refractivity contribution is -0.143. The van der Waals surface area contributed by atoms with Crippen molar-refractivity contribution in [1.29, 1.82) is 0 Å². The van der Waals surface area contributed by atoms with E-state index in [-0.39, 0.29) is 18.5 Å². The van der Waals surface area contributed by atoms with Gasteiger partial charge >= 0.3 is 12.1 Å². The number of esters is 1. The fourth-order valence-electron chi connectivity index (χ4n) is 2.15. The van der Waals surface area contributed by atoms with Gasteiger partial charge in [-0.1, -0.05) is 34.1 Å². The highest BCUT2D eigenvalue weighted by atomic mass is 79.9. The number of ether oxygens (including phenoxy) is 1. The van der Waals surface area contributed by atoms with Crippen molar-refractivity contribution in [2.45, 2.75) is 19.0 Å². The molecule has 0 atom stereocenters. The molecule has 0 radical (unpaired) electrons. The van der Waals surface area contributed by atoms with E-state index in [4.69, 9.17) is 4.74 Å². The highest BCUT2D eigenvalue weighted by molar-refractivity contribution is 9.10. The van der Waals surface area contributed by atoms with Crippen LogP contribution in [-0.4, -0.2) is 24.3 Å². The molecule has 2 rings (SSSR count). The first-order valence-corrected chi connectivity index (χ1v) is 8.86. The summed E-state index contributed by atoms with van der Waals surface area (Å²) in [5.41, 5.74) is -0.548. The van der Waals surface area contributed by atoms with Crippen molar-refractivity contribution in [2.24, 2.45) is 0 Å². The van der Waals surface area contributed by atoms with Crippen molar-refractivity contribution in [2.75, 3.05) is 11.9 Å². The molecule has 28 heavy (non-hydrogen) atoms. The first kappa shape index (κ1) is 21.6. The van der Waals surface area contributed by atoms with Crippen LogP contribution in [0.5, 0.6) is 0 Å². The maximum Gasteiger partial charge on any atom is 0.416 e. The smallest absolute Gasteiger partial charge is 0.416 e. The van der Waals surface area contributed by atoms with Gasteiger partial charge in [0.2, 0.25) is 5.91 Å². The van der Waals surface area contributed by atoms with Gasteiger partial charge < -0.3 is 10.1 Å². The molecule has 0 aliphatic heterocycles. The predicted octanol–water partition coefficient (Wildman–Crippen LogP) is 4.61. The van der Waals surface area contributed by atoms with Gasteiger partial charge in [0.1, 0.15) is 0 Å². The van der Waals surface area contributed by atoms with E-state index in [1.807, 2.05) is 0 Å². The third kappa shape index (κ3) is 6.80. The van der Waals surface area contributed by atoms with Crippen molar-refractivity contribution in [3.05, 3.63) is 64.1 Å². The molecular formula is C19H15BrF3NO4. The van der Waals surface area contributed by atoms with Crippen molar-refractivity contribution in [1.82, 2.24) is 0 Å². The minimum Gasteiger partial charge on any atom is -0.457 e. The van der Waals surface area contributed by atoms with Crippen LogP contribution in [0.15, 0.2) is 53.0 Å². The Kier molecular flexibility index (Phi) is 7.33. The van der Waals surface area contributed by atoms with Gasteiger partial charge in [-0.25, -0.2) is 0 Å². The third-order valence-corrected chi connectivity index (χ3v) is 4.09. The average Bonchev–Trinajstić information content (AvgIpc) is 2.64. The average molecular weight is 458 g/mol. The molecule has 2 aromatic carbocycles. The van der Waals surface area contributed by atoms with Gasteiger partial charge in [-0.3, -0.25) is 14.4 Å². The summed E-state index contributed by atoms with van der Waals surface area (Å²) in [4.78, 5) is 35.4. The van der Waals surface area contributed by atoms with Crippen molar-refractivity contribution < 1.29 is 32.3 Å². The maximum absolute atomic E-state index is 12.6. The number of ketones is 1. The lowest BCUT2D eigenvalue weighted by atomic mass is 10.1. The second-order valence-electron chi connectivity index (χ2n) is 5.72. The van der Waals surface area contributed by atoms with E-state index in [1.54, 1.807) is 24.3 Å². The van der Waals surface area contributed by atoms with Gasteiger partial charge in [-0.05, 0) is 30.3 Å². The Hall–Kier alpha value is -2.68. The largest absolute Gasteiger partial charge is 0.457 e. The third-order valence-electron chi connectivity index (χ3n) is 3.56. The Morgan fingerprint density at radius 3 is 2.32 bits per heavy atom. The monoisotopic (exact) mass is 457 g/mol. The maximum atomic E-state index is 12.6. The van der Waals surface area contributed by atoms with Crippen LogP contribution in [0.4, 0.5) is 18.9 Å². The van der Waals surface area contributed by atoms with E-state index in [1.165, 1.54) is 12.1 Å². The lowest BCUT2D eigenvalue weighted by Crippen LogP contribution is -2.17. The number of alkyl halides is 3. The van der Waals surface area contributed by atoms with Gasteiger partial charge in [0.05, 0.1) is 12.0 Å². The quantitative estimate of drug-likeness (QED) is 0.486. The summed E-state index contributed by atoms with van der Waals surface area (Å²) in [7, 11) is 0. The summed E-state index contributed by atoms with van der Waals surface area (Å²) in [5, 5.41) is 2.29. The summed E-state index contributed by atoms with van der Waals surface area (Å²) in [6, 6.07) is 10.7. The molecule has 0 aromatic heterocycles. The molecule has 148 valence electrons. The summed E-state index contributed by atoms with van der Waals surface area (Å²) < 4.78 is 43.6. The van der Waals surface area contributed by atoms with Gasteiger partial charge in [-0.2, -0.15) is 13.2 Å². The van der Waals surface area contributed by atoms with Crippen LogP contribution < -0.4 is 5.32 Å². The molecule has 0 fully saturated rings. The van der Waals surface area contributed by atoms with Crippen LogP contribution in [0.2, 0.25) is 0 Å². The van der Waals surface area contributed by atoms with Gasteiger partial charge in [0.25, 0.3) is 0 Å². The Balaban J connectivity index is 1.77.